The summed E-state index contributed by atoms with van der Waals surface area (Å²) in [4.78, 5) is 23.8. The second kappa shape index (κ2) is 9.94. The summed E-state index contributed by atoms with van der Waals surface area (Å²) in [5, 5.41) is 0. The van der Waals surface area contributed by atoms with Crippen molar-refractivity contribution in [2.24, 2.45) is 0 Å². The zero-order chi connectivity index (χ0) is 21.4. The minimum Gasteiger partial charge on any atom is -0.268 e. The van der Waals surface area contributed by atoms with E-state index in [1.807, 2.05) is 0 Å². The van der Waals surface area contributed by atoms with Crippen LogP contribution in [-0.2, 0) is 14.8 Å². The van der Waals surface area contributed by atoms with E-state index in [4.69, 9.17) is 0 Å². The topological polar surface area (TPSA) is 95.6 Å². The lowest BCUT2D eigenvalue weighted by molar-refractivity contribution is -0.117. The molecule has 2 N–H and O–H groups in total. The van der Waals surface area contributed by atoms with Crippen LogP contribution >= 0.6 is 0 Å². The molecule has 0 unspecified atom stereocenters. The standard InChI is InChI=1S/C20H22FN3O4S/c1-3-24(4-2)29(27,28)18-12-5-15(6-13-18)7-14-19(25)22-23-20(26)16-8-10-17(21)11-9-16/h5-14H,3-4H2,1-2H3,(H,22,25)(H,23,26)/b14-7+. The highest BCUT2D eigenvalue weighted by molar-refractivity contribution is 7.89. The van der Waals surface area contributed by atoms with Gasteiger partial charge in [0.2, 0.25) is 10.0 Å². The van der Waals surface area contributed by atoms with Gasteiger partial charge < -0.3 is 0 Å². The van der Waals surface area contributed by atoms with Gasteiger partial charge in [0.15, 0.2) is 0 Å². The van der Waals surface area contributed by atoms with Crippen LogP contribution < -0.4 is 10.9 Å². The number of amides is 2. The third-order valence-electron chi connectivity index (χ3n) is 4.06. The molecule has 0 saturated carbocycles. The van der Waals surface area contributed by atoms with Crippen LogP contribution in [0.1, 0.15) is 29.8 Å². The average molecular weight is 419 g/mol. The molecule has 0 bridgehead atoms. The minimum absolute atomic E-state index is 0.175. The first kappa shape index (κ1) is 22.3. The molecule has 0 aliphatic rings. The van der Waals surface area contributed by atoms with Crippen molar-refractivity contribution in [3.05, 3.63) is 71.6 Å². The maximum absolute atomic E-state index is 12.8. The smallest absolute Gasteiger partial charge is 0.268 e. The second-order valence-corrected chi connectivity index (χ2v) is 7.88. The number of carbonyl (C=O) groups excluding carboxylic acids is 2. The quantitative estimate of drug-likeness (QED) is 0.532. The molecule has 0 atom stereocenters. The Kier molecular flexibility index (Phi) is 7.63. The van der Waals surface area contributed by atoms with Gasteiger partial charge in [0.1, 0.15) is 5.82 Å². The molecule has 2 aromatic carbocycles. The van der Waals surface area contributed by atoms with E-state index in [1.165, 1.54) is 40.7 Å². The van der Waals surface area contributed by atoms with Crippen molar-refractivity contribution in [1.82, 2.24) is 15.2 Å². The highest BCUT2D eigenvalue weighted by Crippen LogP contribution is 2.16. The summed E-state index contributed by atoms with van der Waals surface area (Å²) in [5.74, 6) is -1.64. The van der Waals surface area contributed by atoms with Crippen molar-refractivity contribution in [1.29, 1.82) is 0 Å². The van der Waals surface area contributed by atoms with E-state index in [2.05, 4.69) is 10.9 Å². The summed E-state index contributed by atoms with van der Waals surface area (Å²) in [6, 6.07) is 11.0. The lowest BCUT2D eigenvalue weighted by Gasteiger charge is -2.18. The van der Waals surface area contributed by atoms with E-state index >= 15 is 0 Å². The molecule has 9 heteroatoms. The minimum atomic E-state index is -3.54. The third-order valence-corrected chi connectivity index (χ3v) is 6.12. The Morgan fingerprint density at radius 3 is 2.10 bits per heavy atom. The van der Waals surface area contributed by atoms with Crippen LogP contribution in [0.3, 0.4) is 0 Å². The molecule has 0 aliphatic heterocycles. The van der Waals surface area contributed by atoms with Crippen LogP contribution in [0.2, 0.25) is 0 Å². The molecule has 0 spiro atoms. The molecule has 0 radical (unpaired) electrons. The van der Waals surface area contributed by atoms with Crippen molar-refractivity contribution in [3.63, 3.8) is 0 Å². The van der Waals surface area contributed by atoms with Gasteiger partial charge in [-0.1, -0.05) is 26.0 Å². The van der Waals surface area contributed by atoms with Gasteiger partial charge in [-0.15, -0.1) is 0 Å². The number of nitrogens with one attached hydrogen (secondary N) is 2. The number of nitrogens with zero attached hydrogens (tertiary/aromatic N) is 1. The Morgan fingerprint density at radius 1 is 0.966 bits per heavy atom. The Balaban J connectivity index is 1.94. The number of rotatable bonds is 7. The van der Waals surface area contributed by atoms with Crippen LogP contribution in [0.15, 0.2) is 59.5 Å². The Labute approximate surface area is 169 Å². The van der Waals surface area contributed by atoms with Crippen molar-refractivity contribution in [2.75, 3.05) is 13.1 Å². The predicted octanol–water partition coefficient (Wildman–Crippen LogP) is 2.33. The molecule has 29 heavy (non-hydrogen) atoms. The van der Waals surface area contributed by atoms with E-state index in [0.717, 1.165) is 12.1 Å². The number of hydrazine groups is 1. The van der Waals surface area contributed by atoms with Gasteiger partial charge in [0.05, 0.1) is 4.90 Å². The zero-order valence-corrected chi connectivity index (χ0v) is 16.9. The zero-order valence-electron chi connectivity index (χ0n) is 16.1. The lowest BCUT2D eigenvalue weighted by Crippen LogP contribution is -2.40. The normalized spacial score (nSPS) is 11.6. The number of hydrogen-bond acceptors (Lipinski definition) is 4. The number of hydrogen-bond donors (Lipinski definition) is 2. The van der Waals surface area contributed by atoms with Gasteiger partial charge in [0, 0.05) is 24.7 Å². The van der Waals surface area contributed by atoms with E-state index in [0.29, 0.717) is 18.7 Å². The van der Waals surface area contributed by atoms with Crippen LogP contribution in [0.4, 0.5) is 4.39 Å². The summed E-state index contributed by atoms with van der Waals surface area (Å²) in [6.07, 6.45) is 2.67. The Hall–Kier alpha value is -3.04. The largest absolute Gasteiger partial charge is 0.269 e. The van der Waals surface area contributed by atoms with Crippen molar-refractivity contribution >= 4 is 27.9 Å². The van der Waals surface area contributed by atoms with Crippen LogP contribution in [0.5, 0.6) is 0 Å². The van der Waals surface area contributed by atoms with Gasteiger partial charge in [0.25, 0.3) is 11.8 Å². The molecule has 0 aliphatic carbocycles. The maximum Gasteiger partial charge on any atom is 0.269 e. The fourth-order valence-electron chi connectivity index (χ4n) is 2.47. The van der Waals surface area contributed by atoms with Gasteiger partial charge >= 0.3 is 0 Å². The first-order valence-electron chi connectivity index (χ1n) is 8.92. The van der Waals surface area contributed by atoms with E-state index in [9.17, 15) is 22.4 Å². The Morgan fingerprint density at radius 2 is 1.55 bits per heavy atom. The fraction of sp³-hybridized carbons (Fsp3) is 0.200. The summed E-state index contributed by atoms with van der Waals surface area (Å²) in [7, 11) is -3.54. The highest BCUT2D eigenvalue weighted by atomic mass is 32.2. The Bertz CT molecular complexity index is 983. The SMILES string of the molecule is CCN(CC)S(=O)(=O)c1ccc(/C=C/C(=O)NNC(=O)c2ccc(F)cc2)cc1. The molecule has 7 nitrogen and oxygen atoms in total. The highest BCUT2D eigenvalue weighted by Gasteiger charge is 2.20. The molecule has 0 aromatic heterocycles. The lowest BCUT2D eigenvalue weighted by atomic mass is 10.2. The molecular weight excluding hydrogens is 397 g/mol. The van der Waals surface area contributed by atoms with Crippen LogP contribution in [0.25, 0.3) is 6.08 Å². The number of carbonyl (C=O) groups is 2. The first-order valence-corrected chi connectivity index (χ1v) is 10.4. The van der Waals surface area contributed by atoms with Gasteiger partial charge in [-0.3, -0.25) is 20.4 Å². The first-order chi connectivity index (χ1) is 13.8. The molecule has 0 saturated heterocycles. The van der Waals surface area contributed by atoms with E-state index in [-0.39, 0.29) is 10.5 Å². The van der Waals surface area contributed by atoms with Gasteiger partial charge in [-0.25, -0.2) is 12.8 Å². The van der Waals surface area contributed by atoms with E-state index in [1.54, 1.807) is 26.0 Å². The molecule has 2 rings (SSSR count). The number of halogens is 1. The molecule has 0 fully saturated rings. The summed E-state index contributed by atoms with van der Waals surface area (Å²) < 4.78 is 39.1. The predicted molar refractivity (Wildman–Crippen MR) is 108 cm³/mol. The molecule has 154 valence electrons. The molecule has 0 heterocycles. The summed E-state index contributed by atoms with van der Waals surface area (Å²) in [5.41, 5.74) is 5.23. The van der Waals surface area contributed by atoms with Crippen molar-refractivity contribution in [3.8, 4) is 0 Å². The second-order valence-electron chi connectivity index (χ2n) is 5.94. The van der Waals surface area contributed by atoms with Crippen LogP contribution in [-0.4, -0.2) is 37.6 Å². The van der Waals surface area contributed by atoms with Crippen LogP contribution in [0, 0.1) is 5.82 Å². The molecule has 2 amide bonds. The third kappa shape index (κ3) is 5.97. The van der Waals surface area contributed by atoms with Crippen molar-refractivity contribution in [2.45, 2.75) is 18.7 Å². The number of benzene rings is 2. The average Bonchev–Trinajstić information content (AvgIpc) is 2.72. The monoisotopic (exact) mass is 419 g/mol. The molecular formula is C20H22FN3O4S. The van der Waals surface area contributed by atoms with Crippen molar-refractivity contribution < 1.29 is 22.4 Å². The maximum atomic E-state index is 12.8. The van der Waals surface area contributed by atoms with E-state index < -0.39 is 27.7 Å². The van der Waals surface area contributed by atoms with Gasteiger partial charge in [-0.05, 0) is 48.0 Å². The summed E-state index contributed by atoms with van der Waals surface area (Å²) >= 11 is 0. The van der Waals surface area contributed by atoms with Gasteiger partial charge in [-0.2, -0.15) is 4.31 Å². The molecule has 2 aromatic rings. The fourth-order valence-corrected chi connectivity index (χ4v) is 3.93. The summed E-state index contributed by atoms with van der Waals surface area (Å²) in [6.45, 7) is 4.30. The number of sulfonamides is 1.